The van der Waals surface area contributed by atoms with Crippen LogP contribution in [0.5, 0.6) is 0 Å². The van der Waals surface area contributed by atoms with Gasteiger partial charge in [-0.05, 0) is 18.6 Å². The number of pyridine rings is 1. The Kier molecular flexibility index (Phi) is 3.58. The van der Waals surface area contributed by atoms with Crippen molar-refractivity contribution in [1.29, 1.82) is 0 Å². The molecule has 90 valence electrons. The van der Waals surface area contributed by atoms with Crippen LogP contribution in [0.3, 0.4) is 0 Å². The largest absolute Gasteiger partial charge is 0.416 e. The summed E-state index contributed by atoms with van der Waals surface area (Å²) in [5.74, 6) is 0.142. The van der Waals surface area contributed by atoms with Gasteiger partial charge < -0.3 is 16.2 Å². The minimum atomic E-state index is -4.65. The predicted molar refractivity (Wildman–Crippen MR) is 53.9 cm³/mol. The molecule has 16 heavy (non-hydrogen) atoms. The number of nitrogens with zero attached hydrogens (tertiary/aromatic N) is 1. The average Bonchev–Trinajstić information content (AvgIpc) is 2.18. The number of aryl methyl sites for hydroxylation is 1. The maximum atomic E-state index is 12.0. The standard InChI is InChI=1S/C9H12F3N3O/c1-5-2-3-14-8(7(5)13)15-4-6(16)9(10,11)12/h2-3,6,16H,4,13H2,1H3,(H,14,15). The molecule has 7 heteroatoms. The molecular weight excluding hydrogens is 223 g/mol. The van der Waals surface area contributed by atoms with Crippen molar-refractivity contribution >= 4 is 11.5 Å². The fourth-order valence-electron chi connectivity index (χ4n) is 1.02. The van der Waals surface area contributed by atoms with Crippen LogP contribution in [0, 0.1) is 6.92 Å². The van der Waals surface area contributed by atoms with Gasteiger partial charge in [0, 0.05) is 6.20 Å². The van der Waals surface area contributed by atoms with E-state index >= 15 is 0 Å². The third kappa shape index (κ3) is 2.99. The van der Waals surface area contributed by atoms with Gasteiger partial charge in [-0.2, -0.15) is 13.2 Å². The number of halogens is 3. The zero-order valence-corrected chi connectivity index (χ0v) is 8.54. The second-order valence-corrected chi connectivity index (χ2v) is 3.33. The van der Waals surface area contributed by atoms with Gasteiger partial charge in [-0.3, -0.25) is 0 Å². The summed E-state index contributed by atoms with van der Waals surface area (Å²) < 4.78 is 36.0. The molecule has 0 radical (unpaired) electrons. The number of hydrogen-bond acceptors (Lipinski definition) is 4. The second-order valence-electron chi connectivity index (χ2n) is 3.33. The smallest absolute Gasteiger partial charge is 0.396 e. The highest BCUT2D eigenvalue weighted by Gasteiger charge is 2.37. The monoisotopic (exact) mass is 235 g/mol. The number of aromatic nitrogens is 1. The molecular formula is C9H12F3N3O. The third-order valence-corrected chi connectivity index (χ3v) is 2.05. The van der Waals surface area contributed by atoms with Gasteiger partial charge in [0.05, 0.1) is 12.2 Å². The normalized spacial score (nSPS) is 13.6. The zero-order valence-electron chi connectivity index (χ0n) is 8.54. The quantitative estimate of drug-likeness (QED) is 0.738. The molecule has 1 rings (SSSR count). The number of rotatable bonds is 3. The van der Waals surface area contributed by atoms with Crippen LogP contribution in [0.25, 0.3) is 0 Å². The molecule has 0 fully saturated rings. The van der Waals surface area contributed by atoms with Crippen LogP contribution < -0.4 is 11.1 Å². The summed E-state index contributed by atoms with van der Waals surface area (Å²) in [6.07, 6.45) is -5.66. The highest BCUT2D eigenvalue weighted by Crippen LogP contribution is 2.22. The van der Waals surface area contributed by atoms with Gasteiger partial charge in [0.15, 0.2) is 6.10 Å². The Hall–Kier alpha value is -1.50. The highest BCUT2D eigenvalue weighted by atomic mass is 19.4. The predicted octanol–water partition coefficient (Wildman–Crippen LogP) is 1.31. The van der Waals surface area contributed by atoms with Gasteiger partial charge in [-0.1, -0.05) is 0 Å². The van der Waals surface area contributed by atoms with Crippen molar-refractivity contribution in [2.75, 3.05) is 17.6 Å². The van der Waals surface area contributed by atoms with E-state index in [2.05, 4.69) is 10.3 Å². The van der Waals surface area contributed by atoms with E-state index in [0.29, 0.717) is 5.56 Å². The van der Waals surface area contributed by atoms with Crippen molar-refractivity contribution < 1.29 is 18.3 Å². The average molecular weight is 235 g/mol. The van der Waals surface area contributed by atoms with Crippen LogP contribution in [0.15, 0.2) is 12.3 Å². The number of nitrogen functional groups attached to an aromatic ring is 1. The fraction of sp³-hybridized carbons (Fsp3) is 0.444. The Morgan fingerprint density at radius 2 is 2.19 bits per heavy atom. The summed E-state index contributed by atoms with van der Waals surface area (Å²) in [5.41, 5.74) is 6.57. The number of nitrogens with two attached hydrogens (primary N) is 1. The Bertz CT molecular complexity index is 368. The summed E-state index contributed by atoms with van der Waals surface area (Å²) >= 11 is 0. The molecule has 0 saturated carbocycles. The first kappa shape index (κ1) is 12.6. The van der Waals surface area contributed by atoms with Gasteiger partial charge in [-0.25, -0.2) is 4.98 Å². The topological polar surface area (TPSA) is 71.2 Å². The molecule has 4 N–H and O–H groups in total. The van der Waals surface area contributed by atoms with Crippen LogP contribution in [-0.4, -0.2) is 28.9 Å². The van der Waals surface area contributed by atoms with Gasteiger partial charge in [0.25, 0.3) is 0 Å². The van der Waals surface area contributed by atoms with E-state index in [4.69, 9.17) is 10.8 Å². The lowest BCUT2D eigenvalue weighted by Crippen LogP contribution is -2.35. The van der Waals surface area contributed by atoms with E-state index in [0.717, 1.165) is 0 Å². The molecule has 0 aromatic carbocycles. The van der Waals surface area contributed by atoms with Crippen LogP contribution >= 0.6 is 0 Å². The highest BCUT2D eigenvalue weighted by molar-refractivity contribution is 5.64. The van der Waals surface area contributed by atoms with Crippen LogP contribution in [0.4, 0.5) is 24.7 Å². The van der Waals surface area contributed by atoms with Crippen LogP contribution in [0.1, 0.15) is 5.56 Å². The van der Waals surface area contributed by atoms with Crippen LogP contribution in [0.2, 0.25) is 0 Å². The van der Waals surface area contributed by atoms with Gasteiger partial charge >= 0.3 is 6.18 Å². The van der Waals surface area contributed by atoms with Crippen molar-refractivity contribution in [1.82, 2.24) is 4.98 Å². The van der Waals surface area contributed by atoms with E-state index in [9.17, 15) is 13.2 Å². The molecule has 1 unspecified atom stereocenters. The summed E-state index contributed by atoms with van der Waals surface area (Å²) in [6.45, 7) is 1.03. The Morgan fingerprint density at radius 3 is 2.75 bits per heavy atom. The Balaban J connectivity index is 2.65. The van der Waals surface area contributed by atoms with Crippen molar-refractivity contribution in [2.45, 2.75) is 19.2 Å². The fourth-order valence-corrected chi connectivity index (χ4v) is 1.02. The van der Waals surface area contributed by atoms with Gasteiger partial charge in [0.2, 0.25) is 0 Å². The number of anilines is 2. The lowest BCUT2D eigenvalue weighted by Gasteiger charge is -2.16. The van der Waals surface area contributed by atoms with Gasteiger partial charge in [0.1, 0.15) is 5.82 Å². The van der Waals surface area contributed by atoms with E-state index in [1.807, 2.05) is 0 Å². The second kappa shape index (κ2) is 4.56. The first-order chi connectivity index (χ1) is 7.32. The van der Waals surface area contributed by atoms with E-state index < -0.39 is 18.8 Å². The minimum absolute atomic E-state index is 0.142. The molecule has 0 aliphatic carbocycles. The molecule has 4 nitrogen and oxygen atoms in total. The summed E-state index contributed by atoms with van der Waals surface area (Å²) in [5, 5.41) is 11.1. The first-order valence-electron chi connectivity index (χ1n) is 4.52. The molecule has 0 aliphatic heterocycles. The third-order valence-electron chi connectivity index (χ3n) is 2.05. The maximum absolute atomic E-state index is 12.0. The SMILES string of the molecule is Cc1ccnc(NCC(O)C(F)(F)F)c1N. The number of hydrogen-bond donors (Lipinski definition) is 3. The van der Waals surface area contributed by atoms with Crippen molar-refractivity contribution in [3.05, 3.63) is 17.8 Å². The minimum Gasteiger partial charge on any atom is -0.396 e. The summed E-state index contributed by atoms with van der Waals surface area (Å²) in [6, 6.07) is 1.64. The van der Waals surface area contributed by atoms with E-state index in [-0.39, 0.29) is 11.5 Å². The number of nitrogens with one attached hydrogen (secondary N) is 1. The Labute approximate surface area is 90.3 Å². The summed E-state index contributed by atoms with van der Waals surface area (Å²) in [4.78, 5) is 3.78. The van der Waals surface area contributed by atoms with Crippen LogP contribution in [-0.2, 0) is 0 Å². The van der Waals surface area contributed by atoms with Crippen molar-refractivity contribution in [2.24, 2.45) is 0 Å². The number of aliphatic hydroxyl groups excluding tert-OH is 1. The number of alkyl halides is 3. The molecule has 0 spiro atoms. The van der Waals surface area contributed by atoms with E-state index in [1.54, 1.807) is 13.0 Å². The van der Waals surface area contributed by atoms with E-state index in [1.165, 1.54) is 6.20 Å². The molecule has 0 saturated heterocycles. The lowest BCUT2D eigenvalue weighted by atomic mass is 10.2. The molecule has 1 heterocycles. The zero-order chi connectivity index (χ0) is 12.3. The van der Waals surface area contributed by atoms with Gasteiger partial charge in [-0.15, -0.1) is 0 Å². The lowest BCUT2D eigenvalue weighted by molar-refractivity contribution is -0.198. The first-order valence-corrected chi connectivity index (χ1v) is 4.52. The molecule has 1 atom stereocenters. The van der Waals surface area contributed by atoms with Crippen molar-refractivity contribution in [3.63, 3.8) is 0 Å². The Morgan fingerprint density at radius 1 is 1.56 bits per heavy atom. The molecule has 0 amide bonds. The van der Waals surface area contributed by atoms with Crippen molar-refractivity contribution in [3.8, 4) is 0 Å². The molecule has 1 aromatic heterocycles. The molecule has 0 bridgehead atoms. The maximum Gasteiger partial charge on any atom is 0.416 e. The number of aliphatic hydroxyl groups is 1. The summed E-state index contributed by atoms with van der Waals surface area (Å²) in [7, 11) is 0. The molecule has 1 aromatic rings. The molecule has 0 aliphatic rings.